The summed E-state index contributed by atoms with van der Waals surface area (Å²) in [5.41, 5.74) is 0.466. The van der Waals surface area contributed by atoms with Crippen LogP contribution in [0.15, 0.2) is 18.2 Å². The lowest BCUT2D eigenvalue weighted by Crippen LogP contribution is -2.24. The number of benzene rings is 1. The van der Waals surface area contributed by atoms with E-state index in [1.807, 2.05) is 6.92 Å². The predicted molar refractivity (Wildman–Crippen MR) is 71.8 cm³/mol. The molecule has 0 radical (unpaired) electrons. The van der Waals surface area contributed by atoms with Crippen LogP contribution < -0.4 is 14.2 Å². The number of methoxy groups -OCH3 is 2. The zero-order valence-electron chi connectivity index (χ0n) is 11.1. The molecule has 102 valence electrons. The van der Waals surface area contributed by atoms with Gasteiger partial charge in [0.2, 0.25) is 10.0 Å². The van der Waals surface area contributed by atoms with E-state index < -0.39 is 15.3 Å². The molecule has 1 unspecified atom stereocenters. The number of rotatable bonds is 6. The summed E-state index contributed by atoms with van der Waals surface area (Å²) in [6.07, 6.45) is 0.558. The van der Waals surface area contributed by atoms with E-state index in [2.05, 4.69) is 4.72 Å². The van der Waals surface area contributed by atoms with E-state index in [1.165, 1.54) is 14.2 Å². The Morgan fingerprint density at radius 1 is 1.22 bits per heavy atom. The van der Waals surface area contributed by atoms with Gasteiger partial charge >= 0.3 is 0 Å². The average molecular weight is 273 g/mol. The summed E-state index contributed by atoms with van der Waals surface area (Å²) < 4.78 is 36.5. The standard InChI is InChI=1S/C12H19NO4S/c1-5-9(2)18(14,15)13-10-6-7-11(16-3)12(8-10)17-4/h6-9,13H,5H2,1-4H3. The summed E-state index contributed by atoms with van der Waals surface area (Å²) in [4.78, 5) is 0. The van der Waals surface area contributed by atoms with Crippen molar-refractivity contribution in [3.8, 4) is 11.5 Å². The fraction of sp³-hybridized carbons (Fsp3) is 0.500. The van der Waals surface area contributed by atoms with E-state index in [-0.39, 0.29) is 0 Å². The van der Waals surface area contributed by atoms with Gasteiger partial charge in [-0.1, -0.05) is 6.92 Å². The summed E-state index contributed by atoms with van der Waals surface area (Å²) in [6.45, 7) is 3.50. The third-order valence-electron chi connectivity index (χ3n) is 2.75. The molecule has 0 aliphatic carbocycles. The molecule has 6 heteroatoms. The maximum Gasteiger partial charge on any atom is 0.235 e. The van der Waals surface area contributed by atoms with Crippen molar-refractivity contribution in [1.29, 1.82) is 0 Å². The lowest BCUT2D eigenvalue weighted by molar-refractivity contribution is 0.355. The van der Waals surface area contributed by atoms with E-state index in [0.29, 0.717) is 23.6 Å². The minimum Gasteiger partial charge on any atom is -0.493 e. The van der Waals surface area contributed by atoms with Gasteiger partial charge in [0.1, 0.15) is 0 Å². The summed E-state index contributed by atoms with van der Waals surface area (Å²) in [5.74, 6) is 1.05. The molecular formula is C12H19NO4S. The van der Waals surface area contributed by atoms with Crippen LogP contribution >= 0.6 is 0 Å². The van der Waals surface area contributed by atoms with Gasteiger partial charge in [0.15, 0.2) is 11.5 Å². The van der Waals surface area contributed by atoms with E-state index in [9.17, 15) is 8.42 Å². The number of hydrogen-bond donors (Lipinski definition) is 1. The van der Waals surface area contributed by atoms with Crippen LogP contribution in [0.1, 0.15) is 20.3 Å². The molecule has 0 fully saturated rings. The lowest BCUT2D eigenvalue weighted by atomic mass is 10.3. The van der Waals surface area contributed by atoms with Crippen molar-refractivity contribution in [1.82, 2.24) is 0 Å². The molecule has 18 heavy (non-hydrogen) atoms. The minimum absolute atomic E-state index is 0.439. The normalized spacial score (nSPS) is 12.9. The minimum atomic E-state index is -3.35. The summed E-state index contributed by atoms with van der Waals surface area (Å²) in [5, 5.41) is -0.439. The quantitative estimate of drug-likeness (QED) is 0.863. The molecule has 5 nitrogen and oxygen atoms in total. The third-order valence-corrected chi connectivity index (χ3v) is 4.66. The molecule has 0 bridgehead atoms. The topological polar surface area (TPSA) is 64.6 Å². The van der Waals surface area contributed by atoms with Gasteiger partial charge < -0.3 is 9.47 Å². The third kappa shape index (κ3) is 3.29. The molecular weight excluding hydrogens is 254 g/mol. The zero-order chi connectivity index (χ0) is 13.8. The molecule has 1 N–H and O–H groups in total. The first-order valence-corrected chi connectivity index (χ1v) is 7.22. The number of anilines is 1. The maximum absolute atomic E-state index is 11.9. The van der Waals surface area contributed by atoms with Crippen LogP contribution in [0.2, 0.25) is 0 Å². The van der Waals surface area contributed by atoms with Gasteiger partial charge in [-0.3, -0.25) is 4.72 Å². The Labute approximate surface area is 108 Å². The first kappa shape index (κ1) is 14.6. The molecule has 1 atom stereocenters. The smallest absolute Gasteiger partial charge is 0.235 e. The number of ether oxygens (including phenoxy) is 2. The van der Waals surface area contributed by atoms with Crippen LogP contribution in [0.5, 0.6) is 11.5 Å². The monoisotopic (exact) mass is 273 g/mol. The molecule has 0 heterocycles. The average Bonchev–Trinajstić information content (AvgIpc) is 2.36. The highest BCUT2D eigenvalue weighted by atomic mass is 32.2. The fourth-order valence-corrected chi connectivity index (χ4v) is 2.48. The van der Waals surface area contributed by atoms with E-state index >= 15 is 0 Å². The maximum atomic E-state index is 11.9. The highest BCUT2D eigenvalue weighted by molar-refractivity contribution is 7.93. The highest BCUT2D eigenvalue weighted by Gasteiger charge is 2.19. The zero-order valence-corrected chi connectivity index (χ0v) is 11.9. The highest BCUT2D eigenvalue weighted by Crippen LogP contribution is 2.30. The molecule has 0 aromatic heterocycles. The van der Waals surface area contributed by atoms with Crippen molar-refractivity contribution in [2.75, 3.05) is 18.9 Å². The van der Waals surface area contributed by atoms with Gasteiger partial charge in [0, 0.05) is 6.07 Å². The number of sulfonamides is 1. The second-order valence-corrected chi connectivity index (χ2v) is 6.03. The Balaban J connectivity index is 2.99. The van der Waals surface area contributed by atoms with Crippen molar-refractivity contribution >= 4 is 15.7 Å². The number of nitrogens with one attached hydrogen (secondary N) is 1. The van der Waals surface area contributed by atoms with E-state index in [1.54, 1.807) is 25.1 Å². The van der Waals surface area contributed by atoms with Crippen LogP contribution in [0.3, 0.4) is 0 Å². The Morgan fingerprint density at radius 3 is 2.33 bits per heavy atom. The van der Waals surface area contributed by atoms with Gasteiger partial charge in [0.25, 0.3) is 0 Å². The van der Waals surface area contributed by atoms with Crippen LogP contribution in [0, 0.1) is 0 Å². The predicted octanol–water partition coefficient (Wildman–Crippen LogP) is 2.24. The van der Waals surface area contributed by atoms with Crippen LogP contribution in [-0.4, -0.2) is 27.9 Å². The van der Waals surface area contributed by atoms with Crippen molar-refractivity contribution < 1.29 is 17.9 Å². The SMILES string of the molecule is CCC(C)S(=O)(=O)Nc1ccc(OC)c(OC)c1. The first-order valence-electron chi connectivity index (χ1n) is 5.68. The molecule has 0 spiro atoms. The van der Waals surface area contributed by atoms with Crippen molar-refractivity contribution in [2.24, 2.45) is 0 Å². The molecule has 0 aliphatic rings. The Bertz CT molecular complexity index is 499. The van der Waals surface area contributed by atoms with Crippen LogP contribution in [0.25, 0.3) is 0 Å². The van der Waals surface area contributed by atoms with Crippen LogP contribution in [-0.2, 0) is 10.0 Å². The molecule has 0 aliphatic heterocycles. The summed E-state index contributed by atoms with van der Waals surface area (Å²) in [7, 11) is -0.321. The fourth-order valence-electron chi connectivity index (χ4n) is 1.38. The van der Waals surface area contributed by atoms with Gasteiger partial charge in [-0.2, -0.15) is 0 Å². The molecule has 1 aromatic carbocycles. The van der Waals surface area contributed by atoms with Crippen molar-refractivity contribution in [2.45, 2.75) is 25.5 Å². The van der Waals surface area contributed by atoms with Crippen LogP contribution in [0.4, 0.5) is 5.69 Å². The van der Waals surface area contributed by atoms with Gasteiger partial charge in [0.05, 0.1) is 25.2 Å². The lowest BCUT2D eigenvalue weighted by Gasteiger charge is -2.14. The summed E-state index contributed by atoms with van der Waals surface area (Å²) in [6, 6.07) is 4.90. The van der Waals surface area contributed by atoms with Gasteiger partial charge in [-0.05, 0) is 25.5 Å². The Morgan fingerprint density at radius 2 is 1.83 bits per heavy atom. The molecule has 1 rings (SSSR count). The summed E-state index contributed by atoms with van der Waals surface area (Å²) >= 11 is 0. The molecule has 0 amide bonds. The molecule has 0 saturated carbocycles. The van der Waals surface area contributed by atoms with Crippen molar-refractivity contribution in [3.05, 3.63) is 18.2 Å². The van der Waals surface area contributed by atoms with Gasteiger partial charge in [-0.15, -0.1) is 0 Å². The van der Waals surface area contributed by atoms with E-state index in [4.69, 9.17) is 9.47 Å². The largest absolute Gasteiger partial charge is 0.493 e. The Hall–Kier alpha value is -1.43. The molecule has 0 saturated heterocycles. The Kier molecular flexibility index (Phi) is 4.84. The number of hydrogen-bond acceptors (Lipinski definition) is 4. The van der Waals surface area contributed by atoms with E-state index in [0.717, 1.165) is 0 Å². The first-order chi connectivity index (χ1) is 8.44. The molecule has 1 aromatic rings. The second-order valence-electron chi connectivity index (χ2n) is 3.94. The second kappa shape index (κ2) is 5.95. The van der Waals surface area contributed by atoms with Crippen molar-refractivity contribution in [3.63, 3.8) is 0 Å². The van der Waals surface area contributed by atoms with Gasteiger partial charge in [-0.25, -0.2) is 8.42 Å².